The molecule has 1 fully saturated rings. The van der Waals surface area contributed by atoms with Crippen molar-refractivity contribution in [1.29, 1.82) is 0 Å². The first-order valence-electron chi connectivity index (χ1n) is 14.4. The number of carbonyl (C=O) groups is 1. The van der Waals surface area contributed by atoms with Crippen LogP contribution in [0.3, 0.4) is 0 Å². The summed E-state index contributed by atoms with van der Waals surface area (Å²) in [6, 6.07) is 22.7. The Morgan fingerprint density at radius 1 is 0.833 bits per heavy atom. The Balaban J connectivity index is 1.40. The van der Waals surface area contributed by atoms with Gasteiger partial charge >= 0.3 is 11.5 Å². The van der Waals surface area contributed by atoms with Gasteiger partial charge in [0.25, 0.3) is 0 Å². The van der Waals surface area contributed by atoms with Gasteiger partial charge in [-0.3, -0.25) is 9.59 Å². The van der Waals surface area contributed by atoms with Gasteiger partial charge in [0.2, 0.25) is 5.75 Å². The zero-order chi connectivity index (χ0) is 29.9. The second kappa shape index (κ2) is 12.2. The third-order valence-corrected chi connectivity index (χ3v) is 7.44. The molecule has 8 nitrogen and oxygen atoms in total. The summed E-state index contributed by atoms with van der Waals surface area (Å²) in [4.78, 5) is 30.6. The summed E-state index contributed by atoms with van der Waals surface area (Å²) in [5, 5.41) is 4.52. The van der Waals surface area contributed by atoms with Crippen LogP contribution in [0.15, 0.2) is 83.8 Å². The molecule has 8 heteroatoms. The van der Waals surface area contributed by atoms with Crippen LogP contribution in [0.25, 0.3) is 16.8 Å². The second-order valence-corrected chi connectivity index (χ2v) is 11.6. The van der Waals surface area contributed by atoms with E-state index < -0.39 is 5.41 Å². The fourth-order valence-corrected chi connectivity index (χ4v) is 4.73. The van der Waals surface area contributed by atoms with Crippen LogP contribution in [0.4, 0.5) is 5.69 Å². The van der Waals surface area contributed by atoms with Crippen LogP contribution in [0, 0.1) is 12.3 Å². The molecule has 5 rings (SSSR count). The SMILES string of the molecule is CCN1CCN(c2cnn(-c3ccc(C)cc3)c(=O)c2Oc2ccc(-c3ccc(OC(=O)C(C)(C)C)cc3)cc2)CC1. The maximum absolute atomic E-state index is 13.8. The van der Waals surface area contributed by atoms with Gasteiger partial charge < -0.3 is 19.3 Å². The molecule has 0 bridgehead atoms. The number of likely N-dealkylation sites (N-methyl/N-ethyl adjacent to an activating group) is 1. The predicted octanol–water partition coefficient (Wildman–Crippen LogP) is 6.09. The van der Waals surface area contributed by atoms with Crippen molar-refractivity contribution in [3.8, 4) is 34.1 Å². The fourth-order valence-electron chi connectivity index (χ4n) is 4.73. The minimum Gasteiger partial charge on any atom is -0.449 e. The first-order valence-corrected chi connectivity index (χ1v) is 14.4. The summed E-state index contributed by atoms with van der Waals surface area (Å²) in [7, 11) is 0. The molecular weight excluding hydrogens is 528 g/mol. The van der Waals surface area contributed by atoms with Crippen LogP contribution in [-0.4, -0.2) is 53.4 Å². The Kier molecular flexibility index (Phi) is 8.45. The van der Waals surface area contributed by atoms with Gasteiger partial charge in [-0.25, -0.2) is 0 Å². The lowest BCUT2D eigenvalue weighted by Crippen LogP contribution is -2.46. The molecule has 0 atom stereocenters. The van der Waals surface area contributed by atoms with Crippen LogP contribution in [0.1, 0.15) is 33.3 Å². The summed E-state index contributed by atoms with van der Waals surface area (Å²) in [6.07, 6.45) is 1.74. The lowest BCUT2D eigenvalue weighted by molar-refractivity contribution is -0.142. The number of aryl methyl sites for hydroxylation is 1. The van der Waals surface area contributed by atoms with Crippen molar-refractivity contribution in [3.63, 3.8) is 0 Å². The number of ether oxygens (including phenoxy) is 2. The van der Waals surface area contributed by atoms with Crippen molar-refractivity contribution in [2.24, 2.45) is 5.41 Å². The van der Waals surface area contributed by atoms with E-state index in [1.54, 1.807) is 18.3 Å². The predicted molar refractivity (Wildman–Crippen MR) is 166 cm³/mol. The van der Waals surface area contributed by atoms with E-state index in [-0.39, 0.29) is 17.3 Å². The number of nitrogens with zero attached hydrogens (tertiary/aromatic N) is 4. The van der Waals surface area contributed by atoms with Gasteiger partial charge in [-0.15, -0.1) is 0 Å². The fraction of sp³-hybridized carbons (Fsp3) is 0.324. The molecule has 42 heavy (non-hydrogen) atoms. The minimum absolute atomic E-state index is 0.258. The van der Waals surface area contributed by atoms with Crippen molar-refractivity contribution in [2.45, 2.75) is 34.6 Å². The molecule has 0 aliphatic carbocycles. The van der Waals surface area contributed by atoms with E-state index in [4.69, 9.17) is 9.47 Å². The standard InChI is InChI=1S/C34H38N4O4/c1-6-36-19-21-37(22-20-36)30-23-35-38(27-13-7-24(2)8-14-27)32(39)31(30)41-28-15-9-25(10-16-28)26-11-17-29(18-12-26)42-33(40)34(3,4)5/h7-18,23H,6,19-22H2,1-5H3. The van der Waals surface area contributed by atoms with Crippen molar-refractivity contribution >= 4 is 11.7 Å². The van der Waals surface area contributed by atoms with Crippen LogP contribution in [0.5, 0.6) is 17.2 Å². The smallest absolute Gasteiger partial charge is 0.316 e. The number of hydrogen-bond acceptors (Lipinski definition) is 7. The number of hydrogen-bond donors (Lipinski definition) is 0. The summed E-state index contributed by atoms with van der Waals surface area (Å²) in [5.41, 5.74) is 3.55. The molecule has 1 aliphatic heterocycles. The summed E-state index contributed by atoms with van der Waals surface area (Å²) in [6.45, 7) is 14.1. The first-order chi connectivity index (χ1) is 20.1. The summed E-state index contributed by atoms with van der Waals surface area (Å²) < 4.78 is 13.2. The van der Waals surface area contributed by atoms with Gasteiger partial charge in [0.15, 0.2) is 0 Å². The monoisotopic (exact) mass is 566 g/mol. The van der Waals surface area contributed by atoms with Gasteiger partial charge in [-0.2, -0.15) is 9.78 Å². The number of aromatic nitrogens is 2. The number of benzene rings is 3. The molecule has 0 N–H and O–H groups in total. The molecule has 1 aromatic heterocycles. The van der Waals surface area contributed by atoms with Crippen molar-refractivity contribution in [1.82, 2.24) is 14.7 Å². The molecule has 0 saturated carbocycles. The van der Waals surface area contributed by atoms with Crippen molar-refractivity contribution < 1.29 is 14.3 Å². The molecule has 0 spiro atoms. The quantitative estimate of drug-likeness (QED) is 0.198. The number of carbonyl (C=O) groups excluding carboxylic acids is 1. The van der Waals surface area contributed by atoms with E-state index in [2.05, 4.69) is 21.8 Å². The largest absolute Gasteiger partial charge is 0.449 e. The van der Waals surface area contributed by atoms with Crippen LogP contribution >= 0.6 is 0 Å². The van der Waals surface area contributed by atoms with Crippen LogP contribution in [0.2, 0.25) is 0 Å². The van der Waals surface area contributed by atoms with E-state index in [0.29, 0.717) is 22.9 Å². The molecule has 4 aromatic rings. The topological polar surface area (TPSA) is 76.9 Å². The average molecular weight is 567 g/mol. The molecule has 1 saturated heterocycles. The molecular formula is C34H38N4O4. The van der Waals surface area contributed by atoms with Gasteiger partial charge in [-0.05, 0) is 81.8 Å². The highest BCUT2D eigenvalue weighted by molar-refractivity contribution is 5.78. The Hall–Kier alpha value is -4.43. The molecule has 1 aliphatic rings. The van der Waals surface area contributed by atoms with Crippen molar-refractivity contribution in [2.75, 3.05) is 37.6 Å². The Bertz CT molecular complexity index is 1580. The lowest BCUT2D eigenvalue weighted by atomic mass is 9.97. The summed E-state index contributed by atoms with van der Waals surface area (Å²) >= 11 is 0. The third-order valence-electron chi connectivity index (χ3n) is 7.44. The van der Waals surface area contributed by atoms with Crippen LogP contribution < -0.4 is 19.9 Å². The maximum Gasteiger partial charge on any atom is 0.316 e. The number of rotatable bonds is 7. The normalized spacial score (nSPS) is 14.1. The molecule has 218 valence electrons. The van der Waals surface area contributed by atoms with Gasteiger partial charge in [0.1, 0.15) is 17.2 Å². The van der Waals surface area contributed by atoms with Gasteiger partial charge in [0, 0.05) is 26.2 Å². The molecule has 0 radical (unpaired) electrons. The minimum atomic E-state index is -0.573. The maximum atomic E-state index is 13.8. The second-order valence-electron chi connectivity index (χ2n) is 11.6. The highest BCUT2D eigenvalue weighted by atomic mass is 16.5. The van der Waals surface area contributed by atoms with Crippen molar-refractivity contribution in [3.05, 3.63) is 94.9 Å². The zero-order valence-electron chi connectivity index (χ0n) is 25.0. The van der Waals surface area contributed by atoms with Gasteiger partial charge in [-0.1, -0.05) is 48.9 Å². The van der Waals surface area contributed by atoms with E-state index in [1.165, 1.54) is 4.68 Å². The molecule has 2 heterocycles. The molecule has 3 aromatic carbocycles. The Labute approximate surface area is 247 Å². The summed E-state index contributed by atoms with van der Waals surface area (Å²) in [5.74, 6) is 1.05. The Morgan fingerprint density at radius 3 is 1.95 bits per heavy atom. The van der Waals surface area contributed by atoms with E-state index in [9.17, 15) is 9.59 Å². The lowest BCUT2D eigenvalue weighted by Gasteiger charge is -2.35. The van der Waals surface area contributed by atoms with Gasteiger partial charge in [0.05, 0.1) is 17.3 Å². The molecule has 0 amide bonds. The zero-order valence-corrected chi connectivity index (χ0v) is 25.0. The third kappa shape index (κ3) is 6.55. The number of esters is 1. The van der Waals surface area contributed by atoms with E-state index in [0.717, 1.165) is 49.4 Å². The van der Waals surface area contributed by atoms with E-state index >= 15 is 0 Å². The Morgan fingerprint density at radius 2 is 1.40 bits per heavy atom. The first kappa shape index (κ1) is 29.1. The molecule has 0 unspecified atom stereocenters. The number of anilines is 1. The highest BCUT2D eigenvalue weighted by Gasteiger charge is 2.25. The number of piperazine rings is 1. The average Bonchev–Trinajstić information content (AvgIpc) is 2.99. The van der Waals surface area contributed by atoms with Crippen LogP contribution in [-0.2, 0) is 4.79 Å². The van der Waals surface area contributed by atoms with E-state index in [1.807, 2.05) is 88.4 Å². The highest BCUT2D eigenvalue weighted by Crippen LogP contribution is 2.32.